The van der Waals surface area contributed by atoms with E-state index in [1.54, 1.807) is 11.1 Å². The topological polar surface area (TPSA) is 33.2 Å². The Morgan fingerprint density at radius 2 is 2.27 bits per heavy atom. The Kier molecular flexibility index (Phi) is 2.69. The molecule has 1 unspecified atom stereocenters. The number of aromatic nitrogens is 1. The van der Waals surface area contributed by atoms with Crippen molar-refractivity contribution in [1.82, 2.24) is 4.98 Å². The predicted octanol–water partition coefficient (Wildman–Crippen LogP) is 1.73. The summed E-state index contributed by atoms with van der Waals surface area (Å²) in [6.45, 7) is 4.66. The molecule has 3 nitrogen and oxygen atoms in total. The standard InChI is InChI=1S/C11H14N2OS/c1-7-3-9(5-12-8(7)2)13-6-10(15)4-11(13)14/h3,5,10,15H,4,6H2,1-2H3. The first-order valence-electron chi connectivity index (χ1n) is 4.99. The Morgan fingerprint density at radius 1 is 1.53 bits per heavy atom. The lowest BCUT2D eigenvalue weighted by atomic mass is 10.2. The molecule has 80 valence electrons. The van der Waals surface area contributed by atoms with Crippen molar-refractivity contribution >= 4 is 24.2 Å². The molecule has 2 rings (SSSR count). The van der Waals surface area contributed by atoms with Crippen LogP contribution >= 0.6 is 12.6 Å². The van der Waals surface area contributed by atoms with E-state index in [1.165, 1.54) is 0 Å². The van der Waals surface area contributed by atoms with E-state index in [-0.39, 0.29) is 11.2 Å². The van der Waals surface area contributed by atoms with Gasteiger partial charge in [0.2, 0.25) is 5.91 Å². The number of hydrogen-bond donors (Lipinski definition) is 1. The van der Waals surface area contributed by atoms with E-state index in [0.717, 1.165) is 16.9 Å². The third-order valence-corrected chi connectivity index (χ3v) is 3.09. The highest BCUT2D eigenvalue weighted by Gasteiger charge is 2.28. The van der Waals surface area contributed by atoms with Crippen LogP contribution in [-0.2, 0) is 4.79 Å². The normalized spacial score (nSPS) is 21.1. The zero-order chi connectivity index (χ0) is 11.0. The molecule has 4 heteroatoms. The minimum atomic E-state index is 0.139. The van der Waals surface area contributed by atoms with Gasteiger partial charge in [0.05, 0.1) is 11.9 Å². The number of thiol groups is 1. The fraction of sp³-hybridized carbons (Fsp3) is 0.455. The van der Waals surface area contributed by atoms with Crippen LogP contribution in [0.3, 0.4) is 0 Å². The summed E-state index contributed by atoms with van der Waals surface area (Å²) in [6, 6.07) is 2.01. The average Bonchev–Trinajstić information content (AvgIpc) is 2.50. The van der Waals surface area contributed by atoms with E-state index < -0.39 is 0 Å². The van der Waals surface area contributed by atoms with Crippen LogP contribution in [0.1, 0.15) is 17.7 Å². The van der Waals surface area contributed by atoms with Gasteiger partial charge in [0.15, 0.2) is 0 Å². The van der Waals surface area contributed by atoms with Gasteiger partial charge in [-0.2, -0.15) is 12.6 Å². The van der Waals surface area contributed by atoms with Crippen LogP contribution in [0.25, 0.3) is 0 Å². The van der Waals surface area contributed by atoms with Gasteiger partial charge in [-0.1, -0.05) is 0 Å². The minimum Gasteiger partial charge on any atom is -0.310 e. The number of hydrogen-bond acceptors (Lipinski definition) is 3. The van der Waals surface area contributed by atoms with Crippen molar-refractivity contribution in [2.45, 2.75) is 25.5 Å². The molecule has 1 saturated heterocycles. The Hall–Kier alpha value is -1.03. The first-order chi connectivity index (χ1) is 7.08. The van der Waals surface area contributed by atoms with Crippen LogP contribution in [-0.4, -0.2) is 22.7 Å². The molecule has 15 heavy (non-hydrogen) atoms. The SMILES string of the molecule is Cc1cc(N2CC(S)CC2=O)cnc1C. The molecule has 2 heterocycles. The van der Waals surface area contributed by atoms with Gasteiger partial charge >= 0.3 is 0 Å². The van der Waals surface area contributed by atoms with Crippen molar-refractivity contribution in [1.29, 1.82) is 0 Å². The molecular formula is C11H14N2OS. The van der Waals surface area contributed by atoms with E-state index in [2.05, 4.69) is 17.6 Å². The van der Waals surface area contributed by atoms with Crippen molar-refractivity contribution in [3.05, 3.63) is 23.5 Å². The quantitative estimate of drug-likeness (QED) is 0.734. The fourth-order valence-corrected chi connectivity index (χ4v) is 2.03. The van der Waals surface area contributed by atoms with Gasteiger partial charge in [-0.15, -0.1) is 0 Å². The van der Waals surface area contributed by atoms with Gasteiger partial charge in [-0.05, 0) is 25.5 Å². The molecular weight excluding hydrogens is 208 g/mol. The molecule has 1 amide bonds. The molecule has 1 atom stereocenters. The highest BCUT2D eigenvalue weighted by Crippen LogP contribution is 2.24. The van der Waals surface area contributed by atoms with Gasteiger partial charge in [0.1, 0.15) is 0 Å². The second kappa shape index (κ2) is 3.85. The van der Waals surface area contributed by atoms with Gasteiger partial charge in [0.25, 0.3) is 0 Å². The molecule has 0 saturated carbocycles. The molecule has 0 bridgehead atoms. The molecule has 1 aliphatic heterocycles. The van der Waals surface area contributed by atoms with Crippen LogP contribution in [0, 0.1) is 13.8 Å². The van der Waals surface area contributed by atoms with Crippen molar-refractivity contribution in [3.8, 4) is 0 Å². The van der Waals surface area contributed by atoms with Crippen molar-refractivity contribution in [2.75, 3.05) is 11.4 Å². The van der Waals surface area contributed by atoms with Crippen LogP contribution in [0.4, 0.5) is 5.69 Å². The first-order valence-corrected chi connectivity index (χ1v) is 5.51. The van der Waals surface area contributed by atoms with Crippen molar-refractivity contribution in [3.63, 3.8) is 0 Å². The summed E-state index contributed by atoms with van der Waals surface area (Å²) in [4.78, 5) is 17.7. The Bertz CT molecular complexity index is 406. The maximum atomic E-state index is 11.6. The Balaban J connectivity index is 2.30. The zero-order valence-corrected chi connectivity index (χ0v) is 9.79. The number of carbonyl (C=O) groups is 1. The lowest BCUT2D eigenvalue weighted by Crippen LogP contribution is -2.24. The van der Waals surface area contributed by atoms with Crippen LogP contribution in [0.2, 0.25) is 0 Å². The maximum Gasteiger partial charge on any atom is 0.228 e. The lowest BCUT2D eigenvalue weighted by molar-refractivity contribution is -0.117. The van der Waals surface area contributed by atoms with Crippen LogP contribution < -0.4 is 4.90 Å². The van der Waals surface area contributed by atoms with Crippen LogP contribution in [0.15, 0.2) is 12.3 Å². The van der Waals surface area contributed by atoms with Crippen molar-refractivity contribution in [2.24, 2.45) is 0 Å². The van der Waals surface area contributed by atoms with Gasteiger partial charge < -0.3 is 4.90 Å². The zero-order valence-electron chi connectivity index (χ0n) is 8.90. The average molecular weight is 222 g/mol. The summed E-state index contributed by atoms with van der Waals surface area (Å²) in [5, 5.41) is 0.152. The smallest absolute Gasteiger partial charge is 0.228 e. The molecule has 0 aliphatic carbocycles. The summed E-state index contributed by atoms with van der Waals surface area (Å²) < 4.78 is 0. The highest BCUT2D eigenvalue weighted by atomic mass is 32.1. The summed E-state index contributed by atoms with van der Waals surface area (Å²) in [5.41, 5.74) is 3.01. The van der Waals surface area contributed by atoms with E-state index in [4.69, 9.17) is 0 Å². The molecule has 0 aromatic carbocycles. The number of aryl methyl sites for hydroxylation is 2. The van der Waals surface area contributed by atoms with Crippen LogP contribution in [0.5, 0.6) is 0 Å². The number of amides is 1. The number of nitrogens with zero attached hydrogens (tertiary/aromatic N) is 2. The van der Waals surface area contributed by atoms with Gasteiger partial charge in [-0.25, -0.2) is 0 Å². The summed E-state index contributed by atoms with van der Waals surface area (Å²) in [6.07, 6.45) is 2.28. The Labute approximate surface area is 94.9 Å². The van der Waals surface area contributed by atoms with E-state index in [9.17, 15) is 4.79 Å². The predicted molar refractivity (Wildman–Crippen MR) is 63.5 cm³/mol. The molecule has 1 aromatic rings. The second-order valence-electron chi connectivity index (χ2n) is 3.96. The summed E-state index contributed by atoms with van der Waals surface area (Å²) in [5.74, 6) is 0.139. The second-order valence-corrected chi connectivity index (χ2v) is 4.69. The lowest BCUT2D eigenvalue weighted by Gasteiger charge is -2.16. The monoisotopic (exact) mass is 222 g/mol. The van der Waals surface area contributed by atoms with E-state index in [1.807, 2.05) is 19.9 Å². The number of rotatable bonds is 1. The number of anilines is 1. The molecule has 1 fully saturated rings. The molecule has 1 aromatic heterocycles. The maximum absolute atomic E-state index is 11.6. The minimum absolute atomic E-state index is 0.139. The van der Waals surface area contributed by atoms with E-state index in [0.29, 0.717) is 13.0 Å². The highest BCUT2D eigenvalue weighted by molar-refractivity contribution is 7.81. The molecule has 0 radical (unpaired) electrons. The fourth-order valence-electron chi connectivity index (χ4n) is 1.71. The van der Waals surface area contributed by atoms with Crippen molar-refractivity contribution < 1.29 is 4.79 Å². The Morgan fingerprint density at radius 3 is 2.80 bits per heavy atom. The summed E-state index contributed by atoms with van der Waals surface area (Å²) in [7, 11) is 0. The molecule has 0 spiro atoms. The summed E-state index contributed by atoms with van der Waals surface area (Å²) >= 11 is 4.32. The van der Waals surface area contributed by atoms with Gasteiger partial charge in [-0.3, -0.25) is 9.78 Å². The van der Waals surface area contributed by atoms with E-state index >= 15 is 0 Å². The number of pyridine rings is 1. The molecule has 0 N–H and O–H groups in total. The van der Waals surface area contributed by atoms with Gasteiger partial charge in [0, 0.05) is 23.9 Å². The molecule has 1 aliphatic rings. The third-order valence-electron chi connectivity index (χ3n) is 2.74. The largest absolute Gasteiger partial charge is 0.310 e. The first kappa shape index (κ1) is 10.5. The number of carbonyl (C=O) groups excluding carboxylic acids is 1. The third kappa shape index (κ3) is 2.00.